The van der Waals surface area contributed by atoms with Gasteiger partial charge in [0.05, 0.1) is 0 Å². The summed E-state index contributed by atoms with van der Waals surface area (Å²) >= 11 is 0. The van der Waals surface area contributed by atoms with Gasteiger partial charge in [-0.3, -0.25) is 0 Å². The van der Waals surface area contributed by atoms with E-state index in [1.807, 2.05) is 0 Å². The molecule has 0 amide bonds. The number of aryl methyl sites for hydroxylation is 2. The predicted molar refractivity (Wildman–Crippen MR) is 126 cm³/mol. The van der Waals surface area contributed by atoms with Crippen LogP contribution in [0.4, 0.5) is 0 Å². The van der Waals surface area contributed by atoms with Crippen molar-refractivity contribution in [1.82, 2.24) is 0 Å². The maximum atomic E-state index is 2.34. The summed E-state index contributed by atoms with van der Waals surface area (Å²) in [5.74, 6) is 0. The molecule has 0 heteroatoms. The van der Waals surface area contributed by atoms with E-state index in [1.165, 1.54) is 75.4 Å². The van der Waals surface area contributed by atoms with Gasteiger partial charge >= 0.3 is 0 Å². The Labute approximate surface area is 174 Å². The Hall–Kier alpha value is -2.86. The van der Waals surface area contributed by atoms with Gasteiger partial charge in [-0.1, -0.05) is 66.7 Å². The van der Waals surface area contributed by atoms with Gasteiger partial charge in [0.15, 0.2) is 0 Å². The molecule has 0 bridgehead atoms. The molecule has 5 rings (SSSR count). The lowest BCUT2D eigenvalue weighted by molar-refractivity contribution is 0.685. The molecule has 0 unspecified atom stereocenters. The number of fused-ring (bicyclic) bond motifs is 2. The Kier molecular flexibility index (Phi) is 4.51. The molecule has 0 heterocycles. The summed E-state index contributed by atoms with van der Waals surface area (Å²) in [4.78, 5) is 0. The van der Waals surface area contributed by atoms with E-state index in [1.54, 1.807) is 11.1 Å². The van der Waals surface area contributed by atoms with Crippen molar-refractivity contribution in [1.29, 1.82) is 0 Å². The molecule has 0 saturated heterocycles. The summed E-state index contributed by atoms with van der Waals surface area (Å²) < 4.78 is 0. The van der Waals surface area contributed by atoms with Crippen LogP contribution in [-0.2, 0) is 12.8 Å². The standard InChI is InChI=1S/C29H28/c1-19-11-4-5-12-22(19)23-17-10-18-26(21(23)3)29-27-15-8-6-13-24(27)20(2)25-14-7-9-16-28(25)29/h4-6,8,10-13,15,17-18H,7,9,14,16H2,1-3H3. The lowest BCUT2D eigenvalue weighted by Crippen LogP contribution is -2.08. The van der Waals surface area contributed by atoms with Gasteiger partial charge in [-0.2, -0.15) is 0 Å². The first-order valence-electron chi connectivity index (χ1n) is 10.9. The molecule has 144 valence electrons. The first-order chi connectivity index (χ1) is 14.2. The fourth-order valence-electron chi connectivity index (χ4n) is 5.33. The summed E-state index contributed by atoms with van der Waals surface area (Å²) in [5.41, 5.74) is 13.0. The molecule has 4 aromatic carbocycles. The lowest BCUT2D eigenvalue weighted by Gasteiger charge is -2.26. The fraction of sp³-hybridized carbons (Fsp3) is 0.241. The quantitative estimate of drug-likeness (QED) is 0.333. The highest BCUT2D eigenvalue weighted by Gasteiger charge is 2.22. The molecule has 0 aliphatic heterocycles. The molecule has 4 aromatic rings. The van der Waals surface area contributed by atoms with Crippen LogP contribution in [0.1, 0.15) is 40.7 Å². The van der Waals surface area contributed by atoms with Gasteiger partial charge in [0.25, 0.3) is 0 Å². The van der Waals surface area contributed by atoms with E-state index < -0.39 is 0 Å². The minimum absolute atomic E-state index is 1.20. The van der Waals surface area contributed by atoms with Gasteiger partial charge in [-0.15, -0.1) is 0 Å². The second-order valence-electron chi connectivity index (χ2n) is 8.50. The fourth-order valence-corrected chi connectivity index (χ4v) is 5.33. The second-order valence-corrected chi connectivity index (χ2v) is 8.50. The molecule has 0 N–H and O–H groups in total. The molecular formula is C29H28. The molecule has 0 aromatic heterocycles. The van der Waals surface area contributed by atoms with Gasteiger partial charge in [0, 0.05) is 0 Å². The molecule has 0 nitrogen and oxygen atoms in total. The number of hydrogen-bond acceptors (Lipinski definition) is 0. The zero-order valence-electron chi connectivity index (χ0n) is 17.7. The Bertz CT molecular complexity index is 1230. The average Bonchev–Trinajstić information content (AvgIpc) is 2.76. The van der Waals surface area contributed by atoms with Crippen LogP contribution in [0.2, 0.25) is 0 Å². The van der Waals surface area contributed by atoms with Crippen LogP contribution in [0.5, 0.6) is 0 Å². The van der Waals surface area contributed by atoms with E-state index in [0.717, 1.165) is 0 Å². The molecule has 0 spiro atoms. The highest BCUT2D eigenvalue weighted by atomic mass is 14.3. The van der Waals surface area contributed by atoms with Gasteiger partial charge in [0.1, 0.15) is 0 Å². The first-order valence-corrected chi connectivity index (χ1v) is 10.9. The van der Waals surface area contributed by atoms with Crippen LogP contribution < -0.4 is 0 Å². The van der Waals surface area contributed by atoms with Gasteiger partial charge < -0.3 is 0 Å². The Morgan fingerprint density at radius 2 is 1.14 bits per heavy atom. The van der Waals surface area contributed by atoms with E-state index in [2.05, 4.69) is 87.5 Å². The van der Waals surface area contributed by atoms with E-state index in [-0.39, 0.29) is 0 Å². The van der Waals surface area contributed by atoms with Crippen LogP contribution in [-0.4, -0.2) is 0 Å². The molecular weight excluding hydrogens is 348 g/mol. The third-order valence-electron chi connectivity index (χ3n) is 6.86. The van der Waals surface area contributed by atoms with Crippen LogP contribution in [0.25, 0.3) is 33.0 Å². The Balaban J connectivity index is 1.85. The van der Waals surface area contributed by atoms with Crippen LogP contribution in [0.3, 0.4) is 0 Å². The third kappa shape index (κ3) is 2.90. The maximum Gasteiger partial charge on any atom is -0.00675 e. The summed E-state index contributed by atoms with van der Waals surface area (Å²) in [6.45, 7) is 6.85. The van der Waals surface area contributed by atoms with E-state index >= 15 is 0 Å². The van der Waals surface area contributed by atoms with Crippen LogP contribution >= 0.6 is 0 Å². The number of benzene rings is 4. The molecule has 29 heavy (non-hydrogen) atoms. The molecule has 0 atom stereocenters. The van der Waals surface area contributed by atoms with Crippen molar-refractivity contribution in [3.05, 3.63) is 94.5 Å². The summed E-state index contributed by atoms with van der Waals surface area (Å²) in [7, 11) is 0. The maximum absolute atomic E-state index is 2.34. The summed E-state index contributed by atoms with van der Waals surface area (Å²) in [6, 6.07) is 24.6. The highest BCUT2D eigenvalue weighted by Crippen LogP contribution is 2.43. The van der Waals surface area contributed by atoms with Crippen molar-refractivity contribution in [2.24, 2.45) is 0 Å². The van der Waals surface area contributed by atoms with Crippen molar-refractivity contribution < 1.29 is 0 Å². The lowest BCUT2D eigenvalue weighted by atomic mass is 9.78. The van der Waals surface area contributed by atoms with Gasteiger partial charge in [-0.25, -0.2) is 0 Å². The topological polar surface area (TPSA) is 0 Å². The molecule has 0 saturated carbocycles. The SMILES string of the molecule is Cc1ccccc1-c1cccc(-c2c3c(c(C)c4ccccc24)CCCC3)c1C. The van der Waals surface area contributed by atoms with E-state index in [4.69, 9.17) is 0 Å². The largest absolute Gasteiger partial charge is 0.0620 e. The molecule has 0 fully saturated rings. The van der Waals surface area contributed by atoms with Gasteiger partial charge in [0.2, 0.25) is 0 Å². The number of rotatable bonds is 2. The minimum Gasteiger partial charge on any atom is -0.0620 e. The third-order valence-corrected chi connectivity index (χ3v) is 6.86. The summed E-state index contributed by atoms with van der Waals surface area (Å²) in [5, 5.41) is 2.83. The Morgan fingerprint density at radius 1 is 0.517 bits per heavy atom. The normalized spacial score (nSPS) is 13.5. The predicted octanol–water partition coefficient (Wildman–Crippen LogP) is 7.98. The second kappa shape index (κ2) is 7.19. The molecule has 1 aliphatic rings. The summed E-state index contributed by atoms with van der Waals surface area (Å²) in [6.07, 6.45) is 5.03. The zero-order chi connectivity index (χ0) is 20.0. The monoisotopic (exact) mass is 376 g/mol. The van der Waals surface area contributed by atoms with Crippen molar-refractivity contribution in [3.8, 4) is 22.3 Å². The highest BCUT2D eigenvalue weighted by molar-refractivity contribution is 6.02. The van der Waals surface area contributed by atoms with E-state index in [9.17, 15) is 0 Å². The first kappa shape index (κ1) is 18.2. The van der Waals surface area contributed by atoms with Crippen molar-refractivity contribution in [2.75, 3.05) is 0 Å². The number of hydrogen-bond donors (Lipinski definition) is 0. The minimum atomic E-state index is 1.20. The van der Waals surface area contributed by atoms with Crippen LogP contribution in [0, 0.1) is 20.8 Å². The Morgan fingerprint density at radius 3 is 1.93 bits per heavy atom. The van der Waals surface area contributed by atoms with Gasteiger partial charge in [-0.05, 0) is 107 Å². The average molecular weight is 377 g/mol. The van der Waals surface area contributed by atoms with Crippen molar-refractivity contribution >= 4 is 10.8 Å². The molecule has 1 aliphatic carbocycles. The van der Waals surface area contributed by atoms with Crippen molar-refractivity contribution in [3.63, 3.8) is 0 Å². The van der Waals surface area contributed by atoms with Crippen molar-refractivity contribution in [2.45, 2.75) is 46.5 Å². The zero-order valence-corrected chi connectivity index (χ0v) is 17.7. The van der Waals surface area contributed by atoms with Crippen LogP contribution in [0.15, 0.2) is 66.7 Å². The molecule has 0 radical (unpaired) electrons. The van der Waals surface area contributed by atoms with E-state index in [0.29, 0.717) is 0 Å². The smallest absolute Gasteiger partial charge is 0.00675 e.